The number of anilines is 1. The third-order valence-electron chi connectivity index (χ3n) is 2.65. The fraction of sp³-hybridized carbons (Fsp3) is 0.200. The van der Waals surface area contributed by atoms with Gasteiger partial charge in [-0.3, -0.25) is 4.79 Å². The van der Waals surface area contributed by atoms with Gasteiger partial charge in [0.2, 0.25) is 0 Å². The standard InChI is InChI=1S/C15H15BrN2O2/c1-10-7-11(2)15(12(16)8-10)20-9-14(19)18-13-5-3-4-6-17-13/h3-8H,9H2,1-2H3,(H,17,18,19). The number of benzene rings is 1. The third-order valence-corrected chi connectivity index (χ3v) is 3.24. The Hall–Kier alpha value is -1.88. The average molecular weight is 335 g/mol. The molecule has 1 amide bonds. The molecule has 4 nitrogen and oxygen atoms in total. The Labute approximate surface area is 126 Å². The first-order valence-corrected chi connectivity index (χ1v) is 6.96. The van der Waals surface area contributed by atoms with Crippen LogP contribution in [0, 0.1) is 13.8 Å². The summed E-state index contributed by atoms with van der Waals surface area (Å²) in [6, 6.07) is 9.30. The van der Waals surface area contributed by atoms with Crippen molar-refractivity contribution in [3.63, 3.8) is 0 Å². The molecule has 0 aliphatic carbocycles. The number of nitrogens with one attached hydrogen (secondary N) is 1. The van der Waals surface area contributed by atoms with Crippen molar-refractivity contribution in [2.75, 3.05) is 11.9 Å². The predicted molar refractivity (Wildman–Crippen MR) is 82.0 cm³/mol. The molecule has 0 spiro atoms. The lowest BCUT2D eigenvalue weighted by atomic mass is 10.1. The van der Waals surface area contributed by atoms with Crippen molar-refractivity contribution in [1.82, 2.24) is 4.98 Å². The number of halogens is 1. The van der Waals surface area contributed by atoms with Gasteiger partial charge < -0.3 is 10.1 Å². The van der Waals surface area contributed by atoms with Gasteiger partial charge in [-0.15, -0.1) is 0 Å². The van der Waals surface area contributed by atoms with Crippen LogP contribution in [0.15, 0.2) is 41.0 Å². The second-order valence-electron chi connectivity index (χ2n) is 4.44. The number of hydrogen-bond acceptors (Lipinski definition) is 3. The van der Waals surface area contributed by atoms with Crippen LogP contribution in [0.4, 0.5) is 5.82 Å². The number of aryl methyl sites for hydroxylation is 2. The third kappa shape index (κ3) is 3.81. The van der Waals surface area contributed by atoms with Crippen LogP contribution in [0.3, 0.4) is 0 Å². The summed E-state index contributed by atoms with van der Waals surface area (Å²) in [6.07, 6.45) is 1.62. The highest BCUT2D eigenvalue weighted by Gasteiger charge is 2.09. The molecule has 5 heteroatoms. The molecule has 20 heavy (non-hydrogen) atoms. The Morgan fingerprint density at radius 1 is 1.35 bits per heavy atom. The summed E-state index contributed by atoms with van der Waals surface area (Å²) in [5.74, 6) is 0.961. The topological polar surface area (TPSA) is 51.2 Å². The zero-order valence-corrected chi connectivity index (χ0v) is 12.9. The van der Waals surface area contributed by atoms with Gasteiger partial charge in [0.25, 0.3) is 5.91 Å². The normalized spacial score (nSPS) is 10.2. The van der Waals surface area contributed by atoms with Gasteiger partial charge >= 0.3 is 0 Å². The van der Waals surface area contributed by atoms with Gasteiger partial charge in [0.1, 0.15) is 11.6 Å². The molecule has 0 aliphatic rings. The molecule has 1 aromatic heterocycles. The van der Waals surface area contributed by atoms with Crippen LogP contribution in [0.5, 0.6) is 5.75 Å². The Kier molecular flexibility index (Phi) is 4.74. The van der Waals surface area contributed by atoms with Crippen LogP contribution in [-0.4, -0.2) is 17.5 Å². The minimum atomic E-state index is -0.240. The van der Waals surface area contributed by atoms with Gasteiger partial charge in [-0.1, -0.05) is 12.1 Å². The summed E-state index contributed by atoms with van der Waals surface area (Å²) >= 11 is 3.45. The molecule has 0 saturated heterocycles. The number of amides is 1. The average Bonchev–Trinajstić information content (AvgIpc) is 2.38. The Morgan fingerprint density at radius 2 is 2.15 bits per heavy atom. The minimum absolute atomic E-state index is 0.0565. The monoisotopic (exact) mass is 334 g/mol. The molecule has 0 atom stereocenters. The van der Waals surface area contributed by atoms with E-state index >= 15 is 0 Å². The molecule has 1 N–H and O–H groups in total. The molecule has 0 fully saturated rings. The molecule has 0 aliphatic heterocycles. The summed E-state index contributed by atoms with van der Waals surface area (Å²) in [7, 11) is 0. The van der Waals surface area contributed by atoms with Crippen LogP contribution in [0.1, 0.15) is 11.1 Å². The number of hydrogen-bond donors (Lipinski definition) is 1. The van der Waals surface area contributed by atoms with Crippen LogP contribution in [0.2, 0.25) is 0 Å². The molecular weight excluding hydrogens is 320 g/mol. The molecule has 0 bridgehead atoms. The van der Waals surface area contributed by atoms with Gasteiger partial charge in [-0.2, -0.15) is 0 Å². The lowest BCUT2D eigenvalue weighted by Gasteiger charge is -2.12. The fourth-order valence-electron chi connectivity index (χ4n) is 1.84. The summed E-state index contributed by atoms with van der Waals surface area (Å²) < 4.78 is 6.42. The first kappa shape index (κ1) is 14.5. The van der Waals surface area contributed by atoms with E-state index in [1.807, 2.05) is 32.0 Å². The lowest BCUT2D eigenvalue weighted by Crippen LogP contribution is -2.21. The van der Waals surface area contributed by atoms with Crippen molar-refractivity contribution in [3.8, 4) is 5.75 Å². The highest BCUT2D eigenvalue weighted by Crippen LogP contribution is 2.30. The van der Waals surface area contributed by atoms with Gasteiger partial charge in [0.15, 0.2) is 6.61 Å². The zero-order valence-electron chi connectivity index (χ0n) is 11.3. The Morgan fingerprint density at radius 3 is 2.80 bits per heavy atom. The van der Waals surface area contributed by atoms with Gasteiger partial charge in [0.05, 0.1) is 4.47 Å². The Balaban J connectivity index is 1.97. The SMILES string of the molecule is Cc1cc(C)c(OCC(=O)Nc2ccccn2)c(Br)c1. The van der Waals surface area contributed by atoms with E-state index in [4.69, 9.17) is 4.74 Å². The molecule has 1 aromatic carbocycles. The second-order valence-corrected chi connectivity index (χ2v) is 5.30. The molecule has 0 radical (unpaired) electrons. The second kappa shape index (κ2) is 6.52. The number of nitrogens with zero attached hydrogens (tertiary/aromatic N) is 1. The minimum Gasteiger partial charge on any atom is -0.482 e. The van der Waals surface area contributed by atoms with Crippen molar-refractivity contribution < 1.29 is 9.53 Å². The molecule has 0 unspecified atom stereocenters. The van der Waals surface area contributed by atoms with E-state index in [9.17, 15) is 4.79 Å². The lowest BCUT2D eigenvalue weighted by molar-refractivity contribution is -0.118. The predicted octanol–water partition coefficient (Wildman–Crippen LogP) is 3.48. The maximum atomic E-state index is 11.8. The van der Waals surface area contributed by atoms with Gasteiger partial charge in [-0.05, 0) is 59.1 Å². The van der Waals surface area contributed by atoms with E-state index in [0.29, 0.717) is 11.6 Å². The molecule has 2 rings (SSSR count). The summed E-state index contributed by atoms with van der Waals surface area (Å²) in [4.78, 5) is 15.8. The number of pyridine rings is 1. The summed E-state index contributed by atoms with van der Waals surface area (Å²) in [5, 5.41) is 2.67. The first-order chi connectivity index (χ1) is 9.56. The van der Waals surface area contributed by atoms with E-state index in [-0.39, 0.29) is 12.5 Å². The van der Waals surface area contributed by atoms with E-state index in [1.165, 1.54) is 0 Å². The van der Waals surface area contributed by atoms with Crippen LogP contribution >= 0.6 is 15.9 Å². The molecule has 2 aromatic rings. The largest absolute Gasteiger partial charge is 0.482 e. The molecular formula is C15H15BrN2O2. The number of aromatic nitrogens is 1. The van der Waals surface area contributed by atoms with Crippen molar-refractivity contribution in [3.05, 3.63) is 52.1 Å². The highest BCUT2D eigenvalue weighted by atomic mass is 79.9. The summed E-state index contributed by atoms with van der Waals surface area (Å²) in [6.45, 7) is 3.90. The van der Waals surface area contributed by atoms with Crippen LogP contribution in [-0.2, 0) is 4.79 Å². The molecule has 1 heterocycles. The molecule has 104 valence electrons. The van der Waals surface area contributed by atoms with Gasteiger partial charge in [0, 0.05) is 6.20 Å². The maximum absolute atomic E-state index is 11.8. The maximum Gasteiger partial charge on any atom is 0.263 e. The highest BCUT2D eigenvalue weighted by molar-refractivity contribution is 9.10. The zero-order chi connectivity index (χ0) is 14.5. The quantitative estimate of drug-likeness (QED) is 0.931. The number of ether oxygens (including phenoxy) is 1. The number of rotatable bonds is 4. The number of carbonyl (C=O) groups is 1. The van der Waals surface area contributed by atoms with Crippen LogP contribution in [0.25, 0.3) is 0 Å². The van der Waals surface area contributed by atoms with Crippen molar-refractivity contribution in [2.45, 2.75) is 13.8 Å². The van der Waals surface area contributed by atoms with Gasteiger partial charge in [-0.25, -0.2) is 4.98 Å². The van der Waals surface area contributed by atoms with Crippen molar-refractivity contribution in [1.29, 1.82) is 0 Å². The van der Waals surface area contributed by atoms with E-state index in [1.54, 1.807) is 18.3 Å². The van der Waals surface area contributed by atoms with E-state index < -0.39 is 0 Å². The van der Waals surface area contributed by atoms with Crippen molar-refractivity contribution in [2.24, 2.45) is 0 Å². The van der Waals surface area contributed by atoms with E-state index in [2.05, 4.69) is 26.2 Å². The Bertz CT molecular complexity index is 592. The van der Waals surface area contributed by atoms with E-state index in [0.717, 1.165) is 15.6 Å². The van der Waals surface area contributed by atoms with Crippen molar-refractivity contribution >= 4 is 27.7 Å². The smallest absolute Gasteiger partial charge is 0.263 e. The first-order valence-electron chi connectivity index (χ1n) is 6.16. The molecule has 0 saturated carbocycles. The summed E-state index contributed by atoms with van der Waals surface area (Å²) in [5.41, 5.74) is 2.13. The van der Waals surface area contributed by atoms with Crippen LogP contribution < -0.4 is 10.1 Å². The number of carbonyl (C=O) groups excluding carboxylic acids is 1. The fourth-order valence-corrected chi connectivity index (χ4v) is 2.63.